The zero-order chi connectivity index (χ0) is 11.8. The van der Waals surface area contributed by atoms with Gasteiger partial charge >= 0.3 is 12.0 Å². The lowest BCUT2D eigenvalue weighted by Gasteiger charge is -2.11. The van der Waals surface area contributed by atoms with Crippen LogP contribution >= 0.6 is 0 Å². The van der Waals surface area contributed by atoms with E-state index in [0.717, 1.165) is 6.42 Å². The molecule has 6 heteroatoms. The first-order chi connectivity index (χ1) is 7.72. The molecule has 1 rings (SSSR count). The van der Waals surface area contributed by atoms with Gasteiger partial charge in [0.15, 0.2) is 0 Å². The molecule has 0 aromatic heterocycles. The van der Waals surface area contributed by atoms with Gasteiger partial charge in [-0.3, -0.25) is 4.79 Å². The van der Waals surface area contributed by atoms with Crippen molar-refractivity contribution < 1.29 is 19.1 Å². The summed E-state index contributed by atoms with van der Waals surface area (Å²) in [4.78, 5) is 22.3. The Labute approximate surface area is 94.7 Å². The smallest absolute Gasteiger partial charge is 0.315 e. The van der Waals surface area contributed by atoms with Crippen LogP contribution in [-0.2, 0) is 14.3 Å². The molecular formula is C10H18N2O4. The van der Waals surface area contributed by atoms with Crippen molar-refractivity contribution in [2.45, 2.75) is 25.8 Å². The first-order valence-corrected chi connectivity index (χ1v) is 5.50. The molecule has 16 heavy (non-hydrogen) atoms. The van der Waals surface area contributed by atoms with Gasteiger partial charge in [0.25, 0.3) is 0 Å². The predicted octanol–water partition coefficient (Wildman–Crippen LogP) is 0.0277. The van der Waals surface area contributed by atoms with Crippen molar-refractivity contribution >= 4 is 12.0 Å². The number of carbonyl (C=O) groups excluding carboxylic acids is 2. The van der Waals surface area contributed by atoms with Crippen LogP contribution in [0.25, 0.3) is 0 Å². The maximum atomic E-state index is 11.3. The summed E-state index contributed by atoms with van der Waals surface area (Å²) in [6, 6.07) is -0.178. The number of urea groups is 1. The summed E-state index contributed by atoms with van der Waals surface area (Å²) in [6.45, 7) is 3.65. The first kappa shape index (κ1) is 12.8. The van der Waals surface area contributed by atoms with Crippen LogP contribution in [0.4, 0.5) is 4.79 Å². The summed E-state index contributed by atoms with van der Waals surface area (Å²) in [6.07, 6.45) is 1.04. The Hall–Kier alpha value is -1.30. The highest BCUT2D eigenvalue weighted by Crippen LogP contribution is 2.02. The van der Waals surface area contributed by atoms with E-state index in [0.29, 0.717) is 19.8 Å². The van der Waals surface area contributed by atoms with E-state index in [-0.39, 0.29) is 31.0 Å². The molecule has 2 N–H and O–H groups in total. The Bertz CT molecular complexity index is 239. The molecule has 2 amide bonds. The van der Waals surface area contributed by atoms with Crippen molar-refractivity contribution in [2.24, 2.45) is 0 Å². The summed E-state index contributed by atoms with van der Waals surface area (Å²) < 4.78 is 9.84. The van der Waals surface area contributed by atoms with Gasteiger partial charge in [-0.1, -0.05) is 0 Å². The Kier molecular flexibility index (Phi) is 5.63. The molecule has 6 nitrogen and oxygen atoms in total. The van der Waals surface area contributed by atoms with Crippen molar-refractivity contribution in [3.63, 3.8) is 0 Å². The van der Waals surface area contributed by atoms with Gasteiger partial charge in [0.05, 0.1) is 25.7 Å². The molecule has 0 aliphatic carbocycles. The summed E-state index contributed by atoms with van der Waals surface area (Å²) >= 11 is 0. The molecule has 1 atom stereocenters. The molecular weight excluding hydrogens is 212 g/mol. The molecule has 0 radical (unpaired) electrons. The fourth-order valence-corrected chi connectivity index (χ4v) is 1.40. The lowest BCUT2D eigenvalue weighted by Crippen LogP contribution is -2.43. The number of hydrogen-bond donors (Lipinski definition) is 2. The van der Waals surface area contributed by atoms with E-state index in [2.05, 4.69) is 10.6 Å². The van der Waals surface area contributed by atoms with E-state index >= 15 is 0 Å². The summed E-state index contributed by atoms with van der Waals surface area (Å²) in [5.41, 5.74) is 0. The van der Waals surface area contributed by atoms with Crippen LogP contribution in [0, 0.1) is 0 Å². The van der Waals surface area contributed by atoms with Gasteiger partial charge in [0.1, 0.15) is 0 Å². The standard InChI is InChI=1S/C10H18N2O4/c1-2-16-9(13)3-5-11-10(14)12-8-4-6-15-7-8/h8H,2-7H2,1H3,(H2,11,12,14). The van der Waals surface area contributed by atoms with Gasteiger partial charge in [-0.25, -0.2) is 4.79 Å². The zero-order valence-corrected chi connectivity index (χ0v) is 9.45. The van der Waals surface area contributed by atoms with Crippen LogP contribution in [-0.4, -0.2) is 44.4 Å². The van der Waals surface area contributed by atoms with Gasteiger partial charge in [-0.15, -0.1) is 0 Å². The van der Waals surface area contributed by atoms with Crippen LogP contribution in [0.15, 0.2) is 0 Å². The third-order valence-electron chi connectivity index (χ3n) is 2.18. The number of hydrogen-bond acceptors (Lipinski definition) is 4. The second kappa shape index (κ2) is 7.05. The van der Waals surface area contributed by atoms with Crippen molar-refractivity contribution in [1.82, 2.24) is 10.6 Å². The fourth-order valence-electron chi connectivity index (χ4n) is 1.40. The molecule has 0 aromatic rings. The first-order valence-electron chi connectivity index (χ1n) is 5.50. The summed E-state index contributed by atoms with van der Waals surface area (Å²) in [7, 11) is 0. The molecule has 0 bridgehead atoms. The maximum Gasteiger partial charge on any atom is 0.315 e. The average molecular weight is 230 g/mol. The summed E-state index contributed by atoms with van der Waals surface area (Å²) in [5.74, 6) is -0.299. The molecule has 0 aromatic carbocycles. The fraction of sp³-hybridized carbons (Fsp3) is 0.800. The highest BCUT2D eigenvalue weighted by Gasteiger charge is 2.17. The van der Waals surface area contributed by atoms with E-state index in [1.807, 2.05) is 0 Å². The molecule has 1 unspecified atom stereocenters. The Morgan fingerprint density at radius 1 is 1.50 bits per heavy atom. The maximum absolute atomic E-state index is 11.3. The Morgan fingerprint density at radius 2 is 2.31 bits per heavy atom. The molecule has 1 saturated heterocycles. The normalized spacial score (nSPS) is 19.2. The van der Waals surface area contributed by atoms with Crippen molar-refractivity contribution in [2.75, 3.05) is 26.4 Å². The predicted molar refractivity (Wildman–Crippen MR) is 57.0 cm³/mol. The van der Waals surface area contributed by atoms with Crippen LogP contribution in [0.3, 0.4) is 0 Å². The van der Waals surface area contributed by atoms with E-state index in [9.17, 15) is 9.59 Å². The van der Waals surface area contributed by atoms with Crippen LogP contribution in [0.2, 0.25) is 0 Å². The molecule has 0 saturated carbocycles. The number of amides is 2. The molecule has 1 fully saturated rings. The minimum Gasteiger partial charge on any atom is -0.466 e. The largest absolute Gasteiger partial charge is 0.466 e. The van der Waals surface area contributed by atoms with Gasteiger partial charge in [0, 0.05) is 13.2 Å². The van der Waals surface area contributed by atoms with Gasteiger partial charge in [-0.2, -0.15) is 0 Å². The molecule has 1 aliphatic heterocycles. The topological polar surface area (TPSA) is 76.7 Å². The van der Waals surface area contributed by atoms with Crippen molar-refractivity contribution in [3.8, 4) is 0 Å². The Balaban J connectivity index is 2.03. The number of carbonyl (C=O) groups is 2. The van der Waals surface area contributed by atoms with Crippen molar-refractivity contribution in [1.29, 1.82) is 0 Å². The highest BCUT2D eigenvalue weighted by atomic mass is 16.5. The van der Waals surface area contributed by atoms with Crippen LogP contribution < -0.4 is 10.6 Å². The van der Waals surface area contributed by atoms with E-state index < -0.39 is 0 Å². The second-order valence-electron chi connectivity index (χ2n) is 3.52. The minimum absolute atomic E-state index is 0.0857. The third kappa shape index (κ3) is 4.97. The average Bonchev–Trinajstić information content (AvgIpc) is 2.70. The van der Waals surface area contributed by atoms with Crippen LogP contribution in [0.1, 0.15) is 19.8 Å². The number of ether oxygens (including phenoxy) is 2. The van der Waals surface area contributed by atoms with Crippen LogP contribution in [0.5, 0.6) is 0 Å². The molecule has 0 spiro atoms. The Morgan fingerprint density at radius 3 is 2.94 bits per heavy atom. The zero-order valence-electron chi connectivity index (χ0n) is 9.45. The van der Waals surface area contributed by atoms with Gasteiger partial charge < -0.3 is 20.1 Å². The third-order valence-corrected chi connectivity index (χ3v) is 2.18. The SMILES string of the molecule is CCOC(=O)CCNC(=O)NC1CCOC1. The van der Waals surface area contributed by atoms with E-state index in [1.165, 1.54) is 0 Å². The molecule has 92 valence electrons. The van der Waals surface area contributed by atoms with Crippen molar-refractivity contribution in [3.05, 3.63) is 0 Å². The molecule has 1 heterocycles. The minimum atomic E-state index is -0.299. The molecule has 1 aliphatic rings. The highest BCUT2D eigenvalue weighted by molar-refractivity contribution is 5.75. The lowest BCUT2D eigenvalue weighted by atomic mass is 10.3. The lowest BCUT2D eigenvalue weighted by molar-refractivity contribution is -0.142. The van der Waals surface area contributed by atoms with Gasteiger partial charge in [-0.05, 0) is 13.3 Å². The van der Waals surface area contributed by atoms with E-state index in [1.54, 1.807) is 6.92 Å². The number of rotatable bonds is 5. The monoisotopic (exact) mass is 230 g/mol. The van der Waals surface area contributed by atoms with Gasteiger partial charge in [0.2, 0.25) is 0 Å². The number of nitrogens with one attached hydrogen (secondary N) is 2. The second-order valence-corrected chi connectivity index (χ2v) is 3.52. The quantitative estimate of drug-likeness (QED) is 0.653. The summed E-state index contributed by atoms with van der Waals surface area (Å²) in [5, 5.41) is 5.35. The number of esters is 1. The van der Waals surface area contributed by atoms with E-state index in [4.69, 9.17) is 9.47 Å².